The number of furan rings is 1. The summed E-state index contributed by atoms with van der Waals surface area (Å²) >= 11 is 5.05. The predicted octanol–water partition coefficient (Wildman–Crippen LogP) is 4.13. The fourth-order valence-corrected chi connectivity index (χ4v) is 3.47. The summed E-state index contributed by atoms with van der Waals surface area (Å²) < 4.78 is 19.9. The van der Waals surface area contributed by atoms with Crippen molar-refractivity contribution in [1.29, 1.82) is 0 Å². The lowest BCUT2D eigenvalue weighted by Crippen LogP contribution is -2.54. The first-order valence-corrected chi connectivity index (χ1v) is 9.68. The minimum absolute atomic E-state index is 0.0605. The van der Waals surface area contributed by atoms with E-state index in [1.165, 1.54) is 42.5 Å². The Morgan fingerprint density at radius 1 is 1.16 bits per heavy atom. The number of aryl methyl sites for hydroxylation is 1. The predicted molar refractivity (Wildman–Crippen MR) is 118 cm³/mol. The molecule has 0 saturated carbocycles. The van der Waals surface area contributed by atoms with E-state index in [0.717, 1.165) is 4.90 Å². The number of nitrogens with zero attached hydrogens (tertiary/aromatic N) is 2. The molecule has 0 atom stereocenters. The summed E-state index contributed by atoms with van der Waals surface area (Å²) in [5.74, 6) is -1.78. The minimum Gasteiger partial charge on any atom is -0.457 e. The van der Waals surface area contributed by atoms with E-state index in [9.17, 15) is 24.1 Å². The second-order valence-electron chi connectivity index (χ2n) is 6.87. The Morgan fingerprint density at radius 3 is 2.62 bits per heavy atom. The van der Waals surface area contributed by atoms with Gasteiger partial charge in [-0.15, -0.1) is 0 Å². The monoisotopic (exact) mass is 451 g/mol. The number of benzene rings is 2. The van der Waals surface area contributed by atoms with E-state index in [1.54, 1.807) is 25.1 Å². The molecule has 0 bridgehead atoms. The summed E-state index contributed by atoms with van der Waals surface area (Å²) in [5.41, 5.74) is 0.495. The maximum atomic E-state index is 14.2. The molecule has 1 aliphatic rings. The summed E-state index contributed by atoms with van der Waals surface area (Å²) in [6.07, 6.45) is 1.21. The van der Waals surface area contributed by atoms with E-state index in [0.29, 0.717) is 16.9 Å². The molecule has 2 aromatic carbocycles. The van der Waals surface area contributed by atoms with Crippen LogP contribution in [0.2, 0.25) is 0 Å². The average molecular weight is 451 g/mol. The van der Waals surface area contributed by atoms with Crippen molar-refractivity contribution < 1.29 is 23.3 Å². The smallest absolute Gasteiger partial charge is 0.273 e. The minimum atomic E-state index is -0.812. The number of para-hydroxylation sites is 1. The van der Waals surface area contributed by atoms with Gasteiger partial charge in [0.05, 0.1) is 10.6 Å². The Labute approximate surface area is 186 Å². The molecule has 1 aliphatic heterocycles. The van der Waals surface area contributed by atoms with Crippen molar-refractivity contribution in [2.75, 3.05) is 4.90 Å². The third-order valence-corrected chi connectivity index (χ3v) is 5.08. The van der Waals surface area contributed by atoms with Gasteiger partial charge in [-0.25, -0.2) is 9.29 Å². The topological polar surface area (TPSA) is 106 Å². The van der Waals surface area contributed by atoms with Crippen LogP contribution in [-0.2, 0) is 9.59 Å². The zero-order chi connectivity index (χ0) is 23.0. The summed E-state index contributed by atoms with van der Waals surface area (Å²) in [5, 5.41) is 13.3. The van der Waals surface area contributed by atoms with Crippen LogP contribution in [0, 0.1) is 22.9 Å². The van der Waals surface area contributed by atoms with Crippen molar-refractivity contribution >= 4 is 46.6 Å². The first-order valence-electron chi connectivity index (χ1n) is 9.27. The van der Waals surface area contributed by atoms with E-state index in [1.807, 2.05) is 0 Å². The van der Waals surface area contributed by atoms with Gasteiger partial charge < -0.3 is 4.42 Å². The highest BCUT2D eigenvalue weighted by molar-refractivity contribution is 7.80. The molecule has 2 amide bonds. The van der Waals surface area contributed by atoms with Crippen LogP contribution >= 0.6 is 12.2 Å². The van der Waals surface area contributed by atoms with Crippen LogP contribution in [0.5, 0.6) is 0 Å². The van der Waals surface area contributed by atoms with Gasteiger partial charge in [-0.1, -0.05) is 24.3 Å². The largest absolute Gasteiger partial charge is 0.457 e. The van der Waals surface area contributed by atoms with E-state index < -0.39 is 22.6 Å². The Balaban J connectivity index is 1.69. The van der Waals surface area contributed by atoms with Crippen LogP contribution in [0.4, 0.5) is 15.8 Å². The molecule has 1 aromatic heterocycles. The van der Waals surface area contributed by atoms with E-state index in [-0.39, 0.29) is 27.8 Å². The van der Waals surface area contributed by atoms with Crippen molar-refractivity contribution in [2.24, 2.45) is 0 Å². The molecule has 1 fully saturated rings. The SMILES string of the molecule is Cc1ccc(-c2ccc(C=C3C(=O)NC(=S)N(c4ccccc4F)C3=O)o2)cc1[N+](=O)[O-]. The number of carbonyl (C=O) groups excluding carboxylic acids is 2. The normalized spacial score (nSPS) is 15.2. The maximum absolute atomic E-state index is 14.2. The molecule has 2 heterocycles. The first-order chi connectivity index (χ1) is 15.3. The van der Waals surface area contributed by atoms with Gasteiger partial charge in [0.25, 0.3) is 17.5 Å². The number of nitrogens with one attached hydrogen (secondary N) is 1. The molecule has 0 spiro atoms. The standard InChI is InChI=1S/C22H14FN3O5S/c1-12-6-7-13(10-18(12)26(29)30)19-9-8-14(31-19)11-15-20(27)24-22(32)25(21(15)28)17-5-3-2-4-16(17)23/h2-11H,1H3,(H,24,27,32). The zero-order valence-corrected chi connectivity index (χ0v) is 17.3. The highest BCUT2D eigenvalue weighted by atomic mass is 32.1. The number of amides is 2. The molecule has 8 nitrogen and oxygen atoms in total. The second kappa shape index (κ2) is 8.16. The van der Waals surface area contributed by atoms with E-state index >= 15 is 0 Å². The van der Waals surface area contributed by atoms with Gasteiger partial charge in [0.1, 0.15) is 22.9 Å². The fourth-order valence-electron chi connectivity index (χ4n) is 3.20. The maximum Gasteiger partial charge on any atom is 0.273 e. The lowest BCUT2D eigenvalue weighted by molar-refractivity contribution is -0.385. The Kier molecular flexibility index (Phi) is 5.37. The van der Waals surface area contributed by atoms with Crippen LogP contribution in [0.15, 0.2) is 64.6 Å². The van der Waals surface area contributed by atoms with Gasteiger partial charge >= 0.3 is 0 Å². The van der Waals surface area contributed by atoms with Gasteiger partial charge in [0.2, 0.25) is 0 Å². The van der Waals surface area contributed by atoms with Crippen molar-refractivity contribution in [3.05, 3.63) is 87.4 Å². The van der Waals surface area contributed by atoms with Crippen LogP contribution in [0.25, 0.3) is 17.4 Å². The third-order valence-electron chi connectivity index (χ3n) is 4.80. The molecule has 160 valence electrons. The molecule has 1 saturated heterocycles. The number of hydrogen-bond donors (Lipinski definition) is 1. The number of nitro groups is 1. The van der Waals surface area contributed by atoms with Crippen molar-refractivity contribution in [3.8, 4) is 11.3 Å². The van der Waals surface area contributed by atoms with Crippen molar-refractivity contribution in [3.63, 3.8) is 0 Å². The van der Waals surface area contributed by atoms with Gasteiger partial charge in [-0.2, -0.15) is 0 Å². The number of rotatable bonds is 4. The molecule has 0 unspecified atom stereocenters. The number of nitro benzene ring substituents is 1. The third kappa shape index (κ3) is 3.79. The molecule has 4 rings (SSSR count). The quantitative estimate of drug-likeness (QED) is 0.210. The van der Waals surface area contributed by atoms with Crippen molar-refractivity contribution in [2.45, 2.75) is 6.92 Å². The summed E-state index contributed by atoms with van der Waals surface area (Å²) in [4.78, 5) is 36.9. The summed E-state index contributed by atoms with van der Waals surface area (Å²) in [6, 6.07) is 13.2. The highest BCUT2D eigenvalue weighted by Crippen LogP contribution is 2.30. The number of carbonyl (C=O) groups is 2. The van der Waals surface area contributed by atoms with Gasteiger partial charge in [0, 0.05) is 17.2 Å². The fraction of sp³-hybridized carbons (Fsp3) is 0.0455. The summed E-state index contributed by atoms with van der Waals surface area (Å²) in [6.45, 7) is 1.62. The Morgan fingerprint density at radius 2 is 1.91 bits per heavy atom. The van der Waals surface area contributed by atoms with E-state index in [2.05, 4.69) is 5.32 Å². The number of hydrogen-bond acceptors (Lipinski definition) is 6. The molecule has 0 aliphatic carbocycles. The van der Waals surface area contributed by atoms with E-state index in [4.69, 9.17) is 16.6 Å². The number of halogens is 1. The molecule has 1 N–H and O–H groups in total. The van der Waals surface area contributed by atoms with Gasteiger partial charge in [-0.3, -0.25) is 25.0 Å². The Bertz CT molecular complexity index is 1330. The first kappa shape index (κ1) is 21.1. The zero-order valence-electron chi connectivity index (χ0n) is 16.5. The van der Waals surface area contributed by atoms with Gasteiger partial charge in [0.15, 0.2) is 5.11 Å². The Hall–Kier alpha value is -4.18. The molecule has 10 heteroatoms. The average Bonchev–Trinajstić information content (AvgIpc) is 3.21. The summed E-state index contributed by atoms with van der Waals surface area (Å²) in [7, 11) is 0. The van der Waals surface area contributed by atoms with Crippen LogP contribution in [0.3, 0.4) is 0 Å². The van der Waals surface area contributed by atoms with Crippen molar-refractivity contribution in [1.82, 2.24) is 5.32 Å². The number of anilines is 1. The second-order valence-corrected chi connectivity index (χ2v) is 7.26. The molecule has 32 heavy (non-hydrogen) atoms. The van der Waals surface area contributed by atoms with Crippen LogP contribution in [-0.4, -0.2) is 21.9 Å². The molecule has 0 radical (unpaired) electrons. The van der Waals surface area contributed by atoms with Crippen LogP contribution < -0.4 is 10.2 Å². The lowest BCUT2D eigenvalue weighted by Gasteiger charge is -2.28. The molecular weight excluding hydrogens is 437 g/mol. The molecular formula is C22H14FN3O5S. The molecule has 3 aromatic rings. The van der Waals surface area contributed by atoms with Crippen LogP contribution in [0.1, 0.15) is 11.3 Å². The van der Waals surface area contributed by atoms with Gasteiger partial charge in [-0.05, 0) is 49.5 Å². The highest BCUT2D eigenvalue weighted by Gasteiger charge is 2.35. The lowest BCUT2D eigenvalue weighted by atomic mass is 10.1. The number of thiocarbonyl (C=S) groups is 1.